The van der Waals surface area contributed by atoms with Crippen molar-refractivity contribution in [3.05, 3.63) is 73.1 Å². The topological polar surface area (TPSA) is 121 Å². The van der Waals surface area contributed by atoms with Crippen molar-refractivity contribution in [2.45, 2.75) is 26.2 Å². The van der Waals surface area contributed by atoms with Crippen molar-refractivity contribution in [2.75, 3.05) is 12.4 Å². The van der Waals surface area contributed by atoms with E-state index < -0.39 is 0 Å². The quantitative estimate of drug-likeness (QED) is 0.216. The number of ether oxygens (including phenoxy) is 1. The third-order valence-corrected chi connectivity index (χ3v) is 6.60. The molecule has 39 heavy (non-hydrogen) atoms. The van der Waals surface area contributed by atoms with Gasteiger partial charge in [-0.05, 0) is 48.4 Å². The zero-order valence-electron chi connectivity index (χ0n) is 21.7. The minimum absolute atomic E-state index is 0.0190. The van der Waals surface area contributed by atoms with Crippen LogP contribution in [0.25, 0.3) is 56.0 Å². The Kier molecular flexibility index (Phi) is 6.46. The molecule has 0 radical (unpaired) electrons. The van der Waals surface area contributed by atoms with Gasteiger partial charge in [-0.1, -0.05) is 37.6 Å². The first kappa shape index (κ1) is 24.3. The monoisotopic (exact) mass is 517 g/mol. The zero-order valence-corrected chi connectivity index (χ0v) is 21.7. The molecule has 0 unspecified atom stereocenters. The standard InChI is InChI=1S/C30H27N7O2/c1-3-4-11-26(38)32-20-14-19(16-31-17-20)23-12-13-25-28(33-23)29(37-36-25)30-34-24-10-6-9-22(27(24)35-30)18-7-5-8-21(15-18)39-2/h5-10,12-17H,3-4,11H2,1-2H3,(H,32,38)(H,34,35)(H,36,37). The smallest absolute Gasteiger partial charge is 0.224 e. The number of nitrogens with one attached hydrogen (secondary N) is 3. The van der Waals surface area contributed by atoms with Gasteiger partial charge in [-0.15, -0.1) is 0 Å². The lowest BCUT2D eigenvalue weighted by Gasteiger charge is -2.07. The van der Waals surface area contributed by atoms with Gasteiger partial charge >= 0.3 is 0 Å². The summed E-state index contributed by atoms with van der Waals surface area (Å²) in [6, 6.07) is 19.7. The Morgan fingerprint density at radius 1 is 0.949 bits per heavy atom. The average molecular weight is 518 g/mol. The van der Waals surface area contributed by atoms with Crippen LogP contribution in [0.2, 0.25) is 0 Å². The predicted molar refractivity (Wildman–Crippen MR) is 152 cm³/mol. The van der Waals surface area contributed by atoms with Gasteiger partial charge in [0, 0.05) is 23.7 Å². The maximum atomic E-state index is 12.2. The number of methoxy groups -OCH3 is 1. The van der Waals surface area contributed by atoms with Crippen LogP contribution in [0.5, 0.6) is 5.75 Å². The third-order valence-electron chi connectivity index (χ3n) is 6.60. The van der Waals surface area contributed by atoms with E-state index in [2.05, 4.69) is 32.4 Å². The highest BCUT2D eigenvalue weighted by atomic mass is 16.5. The molecule has 3 N–H and O–H groups in total. The molecule has 4 heterocycles. The number of unbranched alkanes of at least 4 members (excludes halogenated alkanes) is 1. The number of anilines is 1. The average Bonchev–Trinajstić information content (AvgIpc) is 3.60. The van der Waals surface area contributed by atoms with Crippen molar-refractivity contribution < 1.29 is 9.53 Å². The molecule has 0 aliphatic rings. The fraction of sp³-hybridized carbons (Fsp3) is 0.167. The number of hydrogen-bond acceptors (Lipinski definition) is 6. The number of rotatable bonds is 8. The second-order valence-corrected chi connectivity index (χ2v) is 9.30. The van der Waals surface area contributed by atoms with Crippen molar-refractivity contribution in [1.82, 2.24) is 30.1 Å². The summed E-state index contributed by atoms with van der Waals surface area (Å²) in [5, 5.41) is 10.5. The summed E-state index contributed by atoms with van der Waals surface area (Å²) in [4.78, 5) is 29.8. The summed E-state index contributed by atoms with van der Waals surface area (Å²) in [5.41, 5.74) is 7.99. The van der Waals surface area contributed by atoms with E-state index >= 15 is 0 Å². The summed E-state index contributed by atoms with van der Waals surface area (Å²) >= 11 is 0. The van der Waals surface area contributed by atoms with Crippen LogP contribution in [0.15, 0.2) is 73.1 Å². The number of carbonyl (C=O) groups is 1. The minimum Gasteiger partial charge on any atom is -0.497 e. The lowest BCUT2D eigenvalue weighted by molar-refractivity contribution is -0.116. The number of pyridine rings is 2. The van der Waals surface area contributed by atoms with Crippen molar-refractivity contribution in [3.8, 4) is 39.7 Å². The fourth-order valence-corrected chi connectivity index (χ4v) is 4.60. The highest BCUT2D eigenvalue weighted by Gasteiger charge is 2.17. The maximum absolute atomic E-state index is 12.2. The highest BCUT2D eigenvalue weighted by molar-refractivity contribution is 5.96. The molecule has 0 atom stereocenters. The van der Waals surface area contributed by atoms with Crippen LogP contribution in [-0.4, -0.2) is 43.2 Å². The molecular formula is C30H27N7O2. The number of fused-ring (bicyclic) bond motifs is 2. The van der Waals surface area contributed by atoms with Crippen LogP contribution >= 0.6 is 0 Å². The number of para-hydroxylation sites is 1. The van der Waals surface area contributed by atoms with Gasteiger partial charge < -0.3 is 15.0 Å². The van der Waals surface area contributed by atoms with Gasteiger partial charge in [-0.2, -0.15) is 5.10 Å². The second kappa shape index (κ2) is 10.4. The van der Waals surface area contributed by atoms with Crippen molar-refractivity contribution in [1.29, 1.82) is 0 Å². The number of benzene rings is 2. The van der Waals surface area contributed by atoms with E-state index in [-0.39, 0.29) is 5.91 Å². The molecule has 9 heteroatoms. The first-order chi connectivity index (χ1) is 19.1. The van der Waals surface area contributed by atoms with Crippen LogP contribution in [0.1, 0.15) is 26.2 Å². The molecule has 6 rings (SSSR count). The van der Waals surface area contributed by atoms with E-state index in [1.807, 2.05) is 60.7 Å². The summed E-state index contributed by atoms with van der Waals surface area (Å²) in [5.74, 6) is 1.38. The zero-order chi connectivity index (χ0) is 26.8. The molecule has 4 aromatic heterocycles. The number of nitrogens with zero attached hydrogens (tertiary/aromatic N) is 4. The summed E-state index contributed by atoms with van der Waals surface area (Å²) in [6.45, 7) is 2.06. The van der Waals surface area contributed by atoms with Gasteiger partial charge in [-0.25, -0.2) is 9.97 Å². The number of imidazole rings is 1. The molecule has 0 spiro atoms. The number of aromatic amines is 2. The SMILES string of the molecule is CCCCC(=O)Nc1cncc(-c2ccc3[nH]nc(-c4nc5c(-c6cccc(OC)c6)cccc5[nH]4)c3n2)c1. The number of H-pyrrole nitrogens is 2. The fourth-order valence-electron chi connectivity index (χ4n) is 4.60. The molecule has 0 aliphatic heterocycles. The van der Waals surface area contributed by atoms with Gasteiger partial charge in [0.2, 0.25) is 5.91 Å². The summed E-state index contributed by atoms with van der Waals surface area (Å²) in [7, 11) is 1.66. The van der Waals surface area contributed by atoms with Gasteiger partial charge in [0.25, 0.3) is 0 Å². The van der Waals surface area contributed by atoms with Crippen molar-refractivity contribution >= 4 is 33.7 Å². The molecule has 0 saturated heterocycles. The first-order valence-corrected chi connectivity index (χ1v) is 12.9. The van der Waals surface area contributed by atoms with Crippen LogP contribution in [0.4, 0.5) is 5.69 Å². The Balaban J connectivity index is 1.37. The molecular weight excluding hydrogens is 490 g/mol. The Bertz CT molecular complexity index is 1800. The minimum atomic E-state index is -0.0190. The number of amides is 1. The number of hydrogen-bond donors (Lipinski definition) is 3. The summed E-state index contributed by atoms with van der Waals surface area (Å²) in [6.07, 6.45) is 5.68. The predicted octanol–water partition coefficient (Wildman–Crippen LogP) is 6.37. The molecule has 9 nitrogen and oxygen atoms in total. The van der Waals surface area contributed by atoms with E-state index in [0.29, 0.717) is 29.1 Å². The number of aromatic nitrogens is 6. The van der Waals surface area contributed by atoms with E-state index in [1.165, 1.54) is 0 Å². The lowest BCUT2D eigenvalue weighted by Crippen LogP contribution is -2.11. The molecule has 0 bridgehead atoms. The van der Waals surface area contributed by atoms with E-state index in [9.17, 15) is 4.79 Å². The maximum Gasteiger partial charge on any atom is 0.224 e. The molecule has 6 aromatic rings. The molecule has 1 amide bonds. The lowest BCUT2D eigenvalue weighted by atomic mass is 10.0. The van der Waals surface area contributed by atoms with Crippen LogP contribution < -0.4 is 10.1 Å². The van der Waals surface area contributed by atoms with Gasteiger partial charge in [0.1, 0.15) is 11.3 Å². The molecule has 0 fully saturated rings. The van der Waals surface area contributed by atoms with Gasteiger partial charge in [0.05, 0.1) is 41.2 Å². The van der Waals surface area contributed by atoms with E-state index in [1.54, 1.807) is 19.5 Å². The Labute approximate surface area is 224 Å². The van der Waals surface area contributed by atoms with Crippen molar-refractivity contribution in [3.63, 3.8) is 0 Å². The molecule has 0 aliphatic carbocycles. The first-order valence-electron chi connectivity index (χ1n) is 12.9. The second-order valence-electron chi connectivity index (χ2n) is 9.30. The van der Waals surface area contributed by atoms with Crippen LogP contribution in [-0.2, 0) is 4.79 Å². The van der Waals surface area contributed by atoms with E-state index in [4.69, 9.17) is 14.7 Å². The van der Waals surface area contributed by atoms with E-state index in [0.717, 1.165) is 57.5 Å². The Morgan fingerprint density at radius 3 is 2.72 bits per heavy atom. The molecule has 2 aromatic carbocycles. The van der Waals surface area contributed by atoms with Crippen molar-refractivity contribution in [2.24, 2.45) is 0 Å². The van der Waals surface area contributed by atoms with Gasteiger partial charge in [0.15, 0.2) is 11.5 Å². The largest absolute Gasteiger partial charge is 0.497 e. The van der Waals surface area contributed by atoms with Gasteiger partial charge in [-0.3, -0.25) is 14.9 Å². The van der Waals surface area contributed by atoms with Crippen LogP contribution in [0.3, 0.4) is 0 Å². The molecule has 0 saturated carbocycles. The Hall–Kier alpha value is -5.05. The highest BCUT2D eigenvalue weighted by Crippen LogP contribution is 2.33. The summed E-state index contributed by atoms with van der Waals surface area (Å²) < 4.78 is 5.41. The Morgan fingerprint density at radius 2 is 1.85 bits per heavy atom. The third kappa shape index (κ3) is 4.82. The number of carbonyl (C=O) groups excluding carboxylic acids is 1. The normalized spacial score (nSPS) is 11.2. The molecule has 194 valence electrons. The van der Waals surface area contributed by atoms with Crippen LogP contribution in [0, 0.1) is 0 Å².